The van der Waals surface area contributed by atoms with E-state index in [0.29, 0.717) is 0 Å². The third kappa shape index (κ3) is 17.6. The smallest absolute Gasteiger partial charge is 0.217 e. The minimum atomic E-state index is -2.31. The molecule has 0 radical (unpaired) electrons. The van der Waals surface area contributed by atoms with Crippen LogP contribution >= 0.6 is 0 Å². The summed E-state index contributed by atoms with van der Waals surface area (Å²) in [4.78, 5) is 48.6. The van der Waals surface area contributed by atoms with E-state index < -0.39 is 298 Å². The van der Waals surface area contributed by atoms with Gasteiger partial charge in [0.2, 0.25) is 24.1 Å². The molecule has 94 heavy (non-hydrogen) atoms. The Morgan fingerprint density at radius 1 is 0.340 bits per heavy atom. The molecule has 0 bridgehead atoms. The van der Waals surface area contributed by atoms with Crippen molar-refractivity contribution in [3.8, 4) is 0 Å². The number of aliphatic hydroxyl groups is 20. The van der Waals surface area contributed by atoms with E-state index >= 15 is 0 Å². The molecular formula is C52H88N4O38. The maximum Gasteiger partial charge on any atom is 0.217 e. The van der Waals surface area contributed by atoms with Crippen LogP contribution in [0.1, 0.15) is 20.8 Å². The van der Waals surface area contributed by atoms with Gasteiger partial charge in [0.15, 0.2) is 44.0 Å². The van der Waals surface area contributed by atoms with Crippen molar-refractivity contribution in [3.63, 3.8) is 0 Å². The van der Waals surface area contributed by atoms with Crippen LogP contribution in [0.5, 0.6) is 0 Å². The molecule has 42 nitrogen and oxygen atoms in total. The van der Waals surface area contributed by atoms with Crippen LogP contribution in [0.15, 0.2) is 0 Å². The normalized spacial score (nSPS) is 46.4. The summed E-state index contributed by atoms with van der Waals surface area (Å²) >= 11 is 0. The van der Waals surface area contributed by atoms with Gasteiger partial charge in [-0.25, -0.2) is 0 Å². The Balaban J connectivity index is 1.07. The minimum absolute atomic E-state index is 0.266. The summed E-state index contributed by atoms with van der Waals surface area (Å²) in [7, 11) is 0. The second-order valence-corrected chi connectivity index (χ2v) is 23.2. The topological polar surface area (TPSA) is 650 Å². The quantitative estimate of drug-likeness (QED) is 0.0324. The molecule has 7 aliphatic heterocycles. The number of rotatable bonds is 28. The van der Waals surface area contributed by atoms with Crippen molar-refractivity contribution in [1.82, 2.24) is 21.3 Å². The van der Waals surface area contributed by atoms with E-state index in [9.17, 15) is 121 Å². The number of hydrogen-bond donors (Lipinski definition) is 24. The van der Waals surface area contributed by atoms with E-state index in [0.717, 1.165) is 20.8 Å². The maximum atomic E-state index is 12.8. The van der Waals surface area contributed by atoms with Gasteiger partial charge in [-0.1, -0.05) is 0 Å². The molecule has 0 aromatic heterocycles. The summed E-state index contributed by atoms with van der Waals surface area (Å²) in [5.41, 5.74) is 0. The fourth-order valence-corrected chi connectivity index (χ4v) is 11.8. The summed E-state index contributed by atoms with van der Waals surface area (Å²) < 4.78 is 81.0. The largest absolute Gasteiger partial charge is 0.394 e. The first kappa shape index (κ1) is 77.9. The van der Waals surface area contributed by atoms with E-state index in [-0.39, 0.29) is 6.41 Å². The molecular weight excluding hydrogens is 1290 g/mol. The van der Waals surface area contributed by atoms with Crippen molar-refractivity contribution in [2.45, 2.75) is 242 Å². The predicted octanol–water partition coefficient (Wildman–Crippen LogP) is -16.7. The lowest BCUT2D eigenvalue weighted by Crippen LogP contribution is -2.71. The average molecular weight is 1380 g/mol. The average Bonchev–Trinajstić information content (AvgIpc) is 0.778. The molecule has 0 aromatic rings. The van der Waals surface area contributed by atoms with E-state index in [1.54, 1.807) is 0 Å². The van der Waals surface area contributed by atoms with Crippen molar-refractivity contribution in [1.29, 1.82) is 0 Å². The Kier molecular flexibility index (Phi) is 29.0. The number of aliphatic hydroxyl groups excluding tert-OH is 20. The molecule has 7 saturated heterocycles. The first-order chi connectivity index (χ1) is 44.6. The highest BCUT2D eigenvalue weighted by molar-refractivity contribution is 5.74. The van der Waals surface area contributed by atoms with Crippen LogP contribution in [0.4, 0.5) is 0 Å². The van der Waals surface area contributed by atoms with E-state index in [1.807, 2.05) is 0 Å². The summed E-state index contributed by atoms with van der Waals surface area (Å²) in [6.45, 7) is -5.27. The van der Waals surface area contributed by atoms with Gasteiger partial charge >= 0.3 is 0 Å². The molecule has 7 rings (SSSR count). The Morgan fingerprint density at radius 3 is 0.926 bits per heavy atom. The number of amides is 4. The Morgan fingerprint density at radius 2 is 0.617 bits per heavy atom. The lowest BCUT2D eigenvalue weighted by Gasteiger charge is -2.51. The second kappa shape index (κ2) is 35.0. The van der Waals surface area contributed by atoms with Crippen molar-refractivity contribution in [2.24, 2.45) is 0 Å². The molecule has 36 atom stereocenters. The SMILES string of the molecule is CC(=O)N[C@H]1[C@H](O[C@H]2[C@@H](O)[C@@H](CO)O[C@@H](O[C@H]3[C@H](O)[C@@H](O)[C@H](OC[C@@H](CO)NC=O)O[C@@H]3CO)[C@@H]2O)O[C@H](CO)[C@@H](O[C@@H]2O[C@H](CO)[C@H](O)[C@H](O[C@@H]3O[C@H](CO)[C@@H](O[C@@H]4O[C@H](CO)[C@H](O)[C@H](O[C@H]5O[C@H](CO)[C@H](O)[C@H](O)[C@H]5NC(C)=O)[C@H]4O)[C@H](O)[C@H]3NC(C)=O)[C@H]2O)[C@@H]1O. The molecule has 0 aliphatic carbocycles. The van der Waals surface area contributed by atoms with Gasteiger partial charge in [-0.3, -0.25) is 19.2 Å². The van der Waals surface area contributed by atoms with Gasteiger partial charge < -0.3 is 190 Å². The first-order valence-corrected chi connectivity index (χ1v) is 29.8. The first-order valence-electron chi connectivity index (χ1n) is 29.8. The fourth-order valence-electron chi connectivity index (χ4n) is 11.8. The lowest BCUT2D eigenvalue weighted by molar-refractivity contribution is -0.388. The van der Waals surface area contributed by atoms with Gasteiger partial charge in [-0.15, -0.1) is 0 Å². The number of ether oxygens (including phenoxy) is 14. The predicted molar refractivity (Wildman–Crippen MR) is 290 cm³/mol. The van der Waals surface area contributed by atoms with Gasteiger partial charge in [0, 0.05) is 20.8 Å². The molecule has 7 aliphatic rings. The summed E-state index contributed by atoms with van der Waals surface area (Å²) in [6.07, 6.45) is -62.2. The molecule has 0 saturated carbocycles. The molecule has 7 heterocycles. The number of hydrogen-bond acceptors (Lipinski definition) is 38. The van der Waals surface area contributed by atoms with Gasteiger partial charge in [-0.2, -0.15) is 0 Å². The molecule has 0 spiro atoms. The molecule has 544 valence electrons. The van der Waals surface area contributed by atoms with Crippen molar-refractivity contribution >= 4 is 24.1 Å². The fraction of sp³-hybridized carbons (Fsp3) is 0.923. The van der Waals surface area contributed by atoms with Crippen LogP contribution in [0, 0.1) is 0 Å². The van der Waals surface area contributed by atoms with Gasteiger partial charge in [0.1, 0.15) is 171 Å². The van der Waals surface area contributed by atoms with Crippen LogP contribution < -0.4 is 21.3 Å². The molecule has 4 amide bonds. The Bertz CT molecular complexity index is 2370. The molecule has 42 heteroatoms. The van der Waals surface area contributed by atoms with Crippen molar-refractivity contribution < 1.29 is 188 Å². The Labute approximate surface area is 533 Å². The third-order valence-electron chi connectivity index (χ3n) is 16.7. The van der Waals surface area contributed by atoms with Gasteiger partial charge in [0.05, 0.1) is 65.5 Å². The highest BCUT2D eigenvalue weighted by atomic mass is 16.8. The summed E-state index contributed by atoms with van der Waals surface area (Å²) in [5, 5.41) is 228. The standard InChI is InChI=1S/C52H88N4O38/c1-14(66)54-25-32(73)28(69)18(5-58)82-46(25)92-43-29(70)19(6-59)83-50(37(43)78)89-40-22(9-62)86-47(26(33(40)74)55-15(2)67)93-44-30(71)20(7-60)84-51(38(44)79)90-41-23(10-63)87-48(27(34(41)75)56-16(3)68)94-45-31(72)21(8-61)85-52(39(45)80)91-42-24(11-64)88-49(36(77)35(42)76)81-12-17(4-57)53-13-65/h13,17-52,57-64,69-80H,4-12H2,1-3H3,(H,53,65)(H,54,66)(H,55,67)(H,56,68)/t17-,18-,19-,20-,21-,22-,23-,24-,25-,26-,27-,28+,29+,30+,31+,32-,33-,34-,35-,36-,37-,38-,39-,40-,41-,42-,43+,44+,45+,46-,47+,48+,49-,50+,51+,52+/m1/s1. The number of nitrogens with one attached hydrogen (secondary N) is 4. The highest BCUT2D eigenvalue weighted by Crippen LogP contribution is 2.38. The second-order valence-electron chi connectivity index (χ2n) is 23.2. The maximum absolute atomic E-state index is 12.8. The van der Waals surface area contributed by atoms with Crippen molar-refractivity contribution in [3.05, 3.63) is 0 Å². The number of carbonyl (C=O) groups excluding carboxylic acids is 4. The highest BCUT2D eigenvalue weighted by Gasteiger charge is 2.59. The van der Waals surface area contributed by atoms with Gasteiger partial charge in [-0.05, 0) is 0 Å². The van der Waals surface area contributed by atoms with E-state index in [2.05, 4.69) is 21.3 Å². The zero-order valence-electron chi connectivity index (χ0n) is 50.5. The molecule has 24 N–H and O–H groups in total. The number of carbonyl (C=O) groups is 4. The molecule has 0 unspecified atom stereocenters. The summed E-state index contributed by atoms with van der Waals surface area (Å²) in [6, 6.07) is -6.33. The lowest BCUT2D eigenvalue weighted by atomic mass is 9.93. The van der Waals surface area contributed by atoms with Crippen LogP contribution in [-0.2, 0) is 85.5 Å². The van der Waals surface area contributed by atoms with Crippen LogP contribution in [-0.4, -0.2) is 407 Å². The summed E-state index contributed by atoms with van der Waals surface area (Å²) in [5.74, 6) is -2.57. The van der Waals surface area contributed by atoms with Crippen LogP contribution in [0.25, 0.3) is 0 Å². The third-order valence-corrected chi connectivity index (χ3v) is 16.7. The zero-order chi connectivity index (χ0) is 69.3. The van der Waals surface area contributed by atoms with Crippen molar-refractivity contribution in [2.75, 3.05) is 59.5 Å². The van der Waals surface area contributed by atoms with E-state index in [4.69, 9.17) is 66.3 Å². The van der Waals surface area contributed by atoms with E-state index in [1.165, 1.54) is 0 Å². The zero-order valence-corrected chi connectivity index (χ0v) is 50.5. The van der Waals surface area contributed by atoms with Gasteiger partial charge in [0.25, 0.3) is 0 Å². The molecule has 7 fully saturated rings. The minimum Gasteiger partial charge on any atom is -0.394 e. The Hall–Kier alpha value is -3.48. The molecule has 0 aromatic carbocycles. The van der Waals surface area contributed by atoms with Crippen LogP contribution in [0.2, 0.25) is 0 Å². The van der Waals surface area contributed by atoms with Crippen LogP contribution in [0.3, 0.4) is 0 Å². The monoisotopic (exact) mass is 1380 g/mol.